The van der Waals surface area contributed by atoms with Crippen molar-refractivity contribution in [1.29, 1.82) is 10.5 Å². The summed E-state index contributed by atoms with van der Waals surface area (Å²) in [6.07, 6.45) is 1.85. The Morgan fingerprint density at radius 1 is 1.00 bits per heavy atom. The van der Waals surface area contributed by atoms with E-state index in [4.69, 9.17) is 15.5 Å². The molecule has 1 unspecified atom stereocenters. The van der Waals surface area contributed by atoms with Gasteiger partial charge >= 0.3 is 0 Å². The first kappa shape index (κ1) is 17.7. The fourth-order valence-electron chi connectivity index (χ4n) is 3.36. The monoisotopic (exact) mass is 369 g/mol. The zero-order valence-electron chi connectivity index (χ0n) is 15.7. The summed E-state index contributed by atoms with van der Waals surface area (Å²) in [5, 5.41) is 26.9. The Balaban J connectivity index is 1.82. The van der Waals surface area contributed by atoms with Crippen molar-refractivity contribution in [2.75, 3.05) is 0 Å². The highest BCUT2D eigenvalue weighted by Crippen LogP contribution is 2.28. The van der Waals surface area contributed by atoms with Gasteiger partial charge in [0.15, 0.2) is 0 Å². The molecule has 0 aliphatic rings. The van der Waals surface area contributed by atoms with Crippen molar-refractivity contribution < 1.29 is 0 Å². The largest absolute Gasteiger partial charge is 0.340 e. The zero-order chi connectivity index (χ0) is 19.7. The van der Waals surface area contributed by atoms with E-state index in [0.29, 0.717) is 22.6 Å². The van der Waals surface area contributed by atoms with Gasteiger partial charge in [-0.05, 0) is 55.2 Å². The van der Waals surface area contributed by atoms with Crippen molar-refractivity contribution in [2.45, 2.75) is 32.7 Å². The summed E-state index contributed by atoms with van der Waals surface area (Å²) in [6.45, 7) is 4.38. The SMILES string of the molecule is CC(C)CCC(c1nc2ccc(C#N)cc2[nH]1)n1nnc2cc(C#N)ccc21. The van der Waals surface area contributed by atoms with Crippen molar-refractivity contribution >= 4 is 22.1 Å². The molecule has 2 heterocycles. The van der Waals surface area contributed by atoms with Crippen molar-refractivity contribution in [2.24, 2.45) is 5.92 Å². The molecule has 2 aromatic heterocycles. The maximum absolute atomic E-state index is 9.14. The second-order valence-electron chi connectivity index (χ2n) is 7.30. The summed E-state index contributed by atoms with van der Waals surface area (Å²) in [4.78, 5) is 8.12. The Morgan fingerprint density at radius 2 is 1.75 bits per heavy atom. The Hall–Kier alpha value is -3.71. The predicted molar refractivity (Wildman–Crippen MR) is 105 cm³/mol. The number of hydrogen-bond donors (Lipinski definition) is 1. The van der Waals surface area contributed by atoms with Crippen molar-refractivity contribution in [3.63, 3.8) is 0 Å². The number of aromatic amines is 1. The quantitative estimate of drug-likeness (QED) is 0.570. The van der Waals surface area contributed by atoms with Gasteiger partial charge in [-0.2, -0.15) is 10.5 Å². The lowest BCUT2D eigenvalue weighted by Crippen LogP contribution is -2.15. The van der Waals surface area contributed by atoms with E-state index < -0.39 is 0 Å². The standard InChI is InChI=1S/C21H19N7/c1-13(2)3-7-20(21-24-16-6-4-14(11-22)9-17(16)25-21)28-19-8-5-15(12-23)10-18(19)26-27-28/h4-6,8-10,13,20H,3,7H2,1-2H3,(H,24,25). The molecule has 138 valence electrons. The lowest BCUT2D eigenvalue weighted by atomic mass is 10.0. The van der Waals surface area contributed by atoms with E-state index in [1.807, 2.05) is 22.9 Å². The van der Waals surface area contributed by atoms with Gasteiger partial charge in [0.25, 0.3) is 0 Å². The van der Waals surface area contributed by atoms with E-state index in [1.54, 1.807) is 18.2 Å². The van der Waals surface area contributed by atoms with Crippen LogP contribution in [0.2, 0.25) is 0 Å². The van der Waals surface area contributed by atoms with E-state index in [-0.39, 0.29) is 6.04 Å². The summed E-state index contributed by atoms with van der Waals surface area (Å²) in [6, 6.07) is 15.0. The molecular weight excluding hydrogens is 350 g/mol. The molecule has 0 spiro atoms. The van der Waals surface area contributed by atoms with E-state index in [0.717, 1.165) is 35.2 Å². The minimum absolute atomic E-state index is 0.113. The molecule has 0 bridgehead atoms. The zero-order valence-corrected chi connectivity index (χ0v) is 15.7. The summed E-state index contributed by atoms with van der Waals surface area (Å²) in [5.74, 6) is 1.33. The molecule has 4 rings (SSSR count). The minimum atomic E-state index is -0.113. The maximum Gasteiger partial charge on any atom is 0.132 e. The molecule has 0 saturated heterocycles. The number of nitrogens with zero attached hydrogens (tertiary/aromatic N) is 6. The number of rotatable bonds is 5. The highest BCUT2D eigenvalue weighted by atomic mass is 15.4. The number of imidazole rings is 1. The normalized spacial score (nSPS) is 12.3. The average molecular weight is 369 g/mol. The van der Waals surface area contributed by atoms with Gasteiger partial charge in [0, 0.05) is 0 Å². The minimum Gasteiger partial charge on any atom is -0.340 e. The highest BCUT2D eigenvalue weighted by molar-refractivity contribution is 5.78. The summed E-state index contributed by atoms with van der Waals surface area (Å²) < 4.78 is 1.88. The van der Waals surface area contributed by atoms with Crippen LogP contribution in [-0.4, -0.2) is 25.0 Å². The van der Waals surface area contributed by atoms with Gasteiger partial charge in [0.2, 0.25) is 0 Å². The fourth-order valence-corrected chi connectivity index (χ4v) is 3.36. The summed E-state index contributed by atoms with van der Waals surface area (Å²) >= 11 is 0. The van der Waals surface area contributed by atoms with E-state index >= 15 is 0 Å². The first-order valence-corrected chi connectivity index (χ1v) is 9.24. The number of nitrogens with one attached hydrogen (secondary N) is 1. The lowest BCUT2D eigenvalue weighted by molar-refractivity contribution is 0.422. The molecule has 0 fully saturated rings. The van der Waals surface area contributed by atoms with E-state index in [1.165, 1.54) is 0 Å². The molecule has 0 saturated carbocycles. The lowest BCUT2D eigenvalue weighted by Gasteiger charge is -2.17. The van der Waals surface area contributed by atoms with Gasteiger partial charge in [-0.1, -0.05) is 19.1 Å². The van der Waals surface area contributed by atoms with Gasteiger partial charge in [0.1, 0.15) is 17.4 Å². The molecule has 0 aliphatic carbocycles. The van der Waals surface area contributed by atoms with Gasteiger partial charge in [-0.25, -0.2) is 9.67 Å². The van der Waals surface area contributed by atoms with Gasteiger partial charge < -0.3 is 4.98 Å². The topological polar surface area (TPSA) is 107 Å². The van der Waals surface area contributed by atoms with Crippen LogP contribution in [0.1, 0.15) is 49.7 Å². The van der Waals surface area contributed by atoms with Crippen molar-refractivity contribution in [3.8, 4) is 12.1 Å². The predicted octanol–water partition coefficient (Wildman–Crippen LogP) is 4.08. The molecule has 4 aromatic rings. The molecule has 2 aromatic carbocycles. The molecule has 7 heteroatoms. The number of aromatic nitrogens is 5. The maximum atomic E-state index is 9.14. The first-order chi connectivity index (χ1) is 13.6. The fraction of sp³-hybridized carbons (Fsp3) is 0.286. The van der Waals surface area contributed by atoms with Crippen LogP contribution < -0.4 is 0 Å². The van der Waals surface area contributed by atoms with Crippen LogP contribution in [-0.2, 0) is 0 Å². The number of hydrogen-bond acceptors (Lipinski definition) is 5. The number of fused-ring (bicyclic) bond motifs is 2. The van der Waals surface area contributed by atoms with Gasteiger partial charge in [-0.3, -0.25) is 0 Å². The van der Waals surface area contributed by atoms with Crippen LogP contribution in [0, 0.1) is 28.6 Å². The number of H-pyrrole nitrogens is 1. The first-order valence-electron chi connectivity index (χ1n) is 9.24. The molecule has 0 aliphatic heterocycles. The number of nitriles is 2. The Bertz CT molecular complexity index is 1230. The van der Waals surface area contributed by atoms with Crippen LogP contribution in [0.4, 0.5) is 0 Å². The Labute approximate surface area is 162 Å². The summed E-state index contributed by atoms with van der Waals surface area (Å²) in [5.41, 5.74) is 4.37. The molecular formula is C21H19N7. The van der Waals surface area contributed by atoms with E-state index in [9.17, 15) is 0 Å². The third kappa shape index (κ3) is 3.19. The Kier molecular flexibility index (Phi) is 4.50. The van der Waals surface area contributed by atoms with Crippen LogP contribution in [0.3, 0.4) is 0 Å². The molecule has 0 radical (unpaired) electrons. The van der Waals surface area contributed by atoms with Crippen LogP contribution in [0.5, 0.6) is 0 Å². The molecule has 1 atom stereocenters. The average Bonchev–Trinajstić information content (AvgIpc) is 3.31. The van der Waals surface area contributed by atoms with Crippen molar-refractivity contribution in [3.05, 3.63) is 53.3 Å². The number of benzene rings is 2. The smallest absolute Gasteiger partial charge is 0.132 e. The van der Waals surface area contributed by atoms with Gasteiger partial charge in [0.05, 0.1) is 39.8 Å². The molecule has 28 heavy (non-hydrogen) atoms. The second-order valence-corrected chi connectivity index (χ2v) is 7.30. The van der Waals surface area contributed by atoms with E-state index in [2.05, 4.69) is 41.3 Å². The second kappa shape index (κ2) is 7.13. The Morgan fingerprint density at radius 3 is 2.50 bits per heavy atom. The molecule has 1 N–H and O–H groups in total. The third-order valence-electron chi connectivity index (χ3n) is 4.86. The molecule has 0 amide bonds. The van der Waals surface area contributed by atoms with Crippen LogP contribution >= 0.6 is 0 Å². The van der Waals surface area contributed by atoms with Crippen molar-refractivity contribution in [1.82, 2.24) is 25.0 Å². The molecule has 7 nitrogen and oxygen atoms in total. The highest BCUT2D eigenvalue weighted by Gasteiger charge is 2.22. The third-order valence-corrected chi connectivity index (χ3v) is 4.86. The summed E-state index contributed by atoms with van der Waals surface area (Å²) in [7, 11) is 0. The van der Waals surface area contributed by atoms with Gasteiger partial charge in [-0.15, -0.1) is 5.10 Å². The van der Waals surface area contributed by atoms with Crippen LogP contribution in [0.15, 0.2) is 36.4 Å². The van der Waals surface area contributed by atoms with Crippen LogP contribution in [0.25, 0.3) is 22.1 Å².